The van der Waals surface area contributed by atoms with E-state index in [-0.39, 0.29) is 0 Å². The summed E-state index contributed by atoms with van der Waals surface area (Å²) in [6.45, 7) is 16.6. The molecule has 0 aromatic carbocycles. The molecule has 0 rings (SSSR count). The molecule has 1 nitrogen and oxygen atoms in total. The molecule has 0 aromatic rings. The summed E-state index contributed by atoms with van der Waals surface area (Å²) in [5, 5.41) is 0. The molecule has 0 aliphatic carbocycles. The lowest BCUT2D eigenvalue weighted by molar-refractivity contribution is -0.928. The molecule has 0 bridgehead atoms. The molecule has 0 atom stereocenters. The minimum atomic E-state index is 1.20. The smallest absolute Gasteiger partial charge is 0.0821 e. The quantitative estimate of drug-likeness (QED) is 0.0847. The van der Waals surface area contributed by atoms with Crippen molar-refractivity contribution in [2.75, 3.05) is 26.2 Å². The molecule has 1 heteroatoms. The molecule has 0 fully saturated rings. The Labute approximate surface area is 186 Å². The molecule has 0 aromatic heterocycles. The van der Waals surface area contributed by atoms with Gasteiger partial charge in [-0.05, 0) is 38.5 Å². The Bertz CT molecular complexity index is 281. The van der Waals surface area contributed by atoms with Gasteiger partial charge in [0.15, 0.2) is 0 Å². The van der Waals surface area contributed by atoms with Gasteiger partial charge in [-0.25, -0.2) is 0 Å². The van der Waals surface area contributed by atoms with Crippen LogP contribution in [0.25, 0.3) is 0 Å². The van der Waals surface area contributed by atoms with E-state index in [1.54, 1.807) is 0 Å². The van der Waals surface area contributed by atoms with E-state index in [1.165, 1.54) is 153 Å². The molecule has 0 N–H and O–H groups in total. The zero-order valence-corrected chi connectivity index (χ0v) is 21.0. The van der Waals surface area contributed by atoms with Crippen LogP contribution < -0.4 is 0 Å². The van der Waals surface area contributed by atoms with Gasteiger partial charge in [0, 0.05) is 6.42 Å². The number of quaternary nitrogens is 1. The van der Waals surface area contributed by atoms with Crippen LogP contribution in [-0.4, -0.2) is 30.7 Å². The Morgan fingerprint density at radius 1 is 0.448 bits per heavy atom. The molecule has 0 saturated carbocycles. The third-order valence-electron chi connectivity index (χ3n) is 6.77. The Morgan fingerprint density at radius 3 is 1.07 bits per heavy atom. The molecule has 174 valence electrons. The molecular formula is C28H58N+. The second kappa shape index (κ2) is 22.4. The van der Waals surface area contributed by atoms with Gasteiger partial charge in [0.05, 0.1) is 26.2 Å². The molecular weight excluding hydrogens is 350 g/mol. The van der Waals surface area contributed by atoms with Crippen LogP contribution in [0.3, 0.4) is 0 Å². The molecule has 0 saturated heterocycles. The maximum atomic E-state index is 4.04. The van der Waals surface area contributed by atoms with E-state index in [0.717, 1.165) is 0 Å². The van der Waals surface area contributed by atoms with Gasteiger partial charge in [-0.15, -0.1) is 6.58 Å². The van der Waals surface area contributed by atoms with Crippen LogP contribution in [-0.2, 0) is 0 Å². The zero-order valence-electron chi connectivity index (χ0n) is 21.0. The van der Waals surface area contributed by atoms with Crippen molar-refractivity contribution in [3.8, 4) is 0 Å². The van der Waals surface area contributed by atoms with Gasteiger partial charge in [-0.1, -0.05) is 104 Å². The van der Waals surface area contributed by atoms with Crippen LogP contribution >= 0.6 is 0 Å². The van der Waals surface area contributed by atoms with Crippen molar-refractivity contribution in [3.63, 3.8) is 0 Å². The van der Waals surface area contributed by atoms with Gasteiger partial charge in [-0.3, -0.25) is 0 Å². The van der Waals surface area contributed by atoms with Gasteiger partial charge in [-0.2, -0.15) is 0 Å². The van der Waals surface area contributed by atoms with E-state index >= 15 is 0 Å². The highest BCUT2D eigenvalue weighted by Gasteiger charge is 2.25. The van der Waals surface area contributed by atoms with Crippen LogP contribution in [0.5, 0.6) is 0 Å². The van der Waals surface area contributed by atoms with Crippen LogP contribution in [0.1, 0.15) is 143 Å². The van der Waals surface area contributed by atoms with Crippen molar-refractivity contribution in [2.24, 2.45) is 0 Å². The third kappa shape index (κ3) is 18.2. The number of nitrogens with zero attached hydrogens (tertiary/aromatic N) is 1. The summed E-state index contributed by atoms with van der Waals surface area (Å²) < 4.78 is 1.39. The van der Waals surface area contributed by atoms with Gasteiger partial charge in [0.25, 0.3) is 0 Å². The number of hydrogen-bond acceptors (Lipinski definition) is 0. The average molecular weight is 409 g/mol. The predicted octanol–water partition coefficient (Wildman–Crippen LogP) is 9.46. The zero-order chi connectivity index (χ0) is 21.5. The van der Waals surface area contributed by atoms with E-state index in [0.29, 0.717) is 0 Å². The van der Waals surface area contributed by atoms with Crippen LogP contribution in [0.4, 0.5) is 0 Å². The predicted molar refractivity (Wildman–Crippen MR) is 135 cm³/mol. The Morgan fingerprint density at radius 2 is 0.759 bits per heavy atom. The highest BCUT2D eigenvalue weighted by molar-refractivity contribution is 4.66. The highest BCUT2D eigenvalue weighted by Crippen LogP contribution is 2.19. The highest BCUT2D eigenvalue weighted by atomic mass is 15.3. The lowest BCUT2D eigenvalue weighted by atomic mass is 10.1. The molecule has 0 radical (unpaired) electrons. The topological polar surface area (TPSA) is 0 Å². The van der Waals surface area contributed by atoms with Gasteiger partial charge >= 0.3 is 0 Å². The number of rotatable bonds is 24. The standard InChI is InChI=1S/C28H58N/c1-5-9-13-16-19-22-26-29(25-12-8-4,27-23-20-17-14-10-6-2)28-24-21-18-15-11-7-3/h8H,4-7,9-28H2,1-3H3/q+1. The second-order valence-electron chi connectivity index (χ2n) is 9.62. The van der Waals surface area contributed by atoms with Crippen molar-refractivity contribution in [2.45, 2.75) is 143 Å². The van der Waals surface area contributed by atoms with Gasteiger partial charge in [0.2, 0.25) is 0 Å². The van der Waals surface area contributed by atoms with Crippen molar-refractivity contribution >= 4 is 0 Å². The fourth-order valence-corrected chi connectivity index (χ4v) is 4.72. The van der Waals surface area contributed by atoms with Gasteiger partial charge < -0.3 is 4.48 Å². The molecule has 0 spiro atoms. The number of hydrogen-bond donors (Lipinski definition) is 0. The maximum absolute atomic E-state index is 4.04. The lowest BCUT2D eigenvalue weighted by Gasteiger charge is -2.39. The first-order valence-corrected chi connectivity index (χ1v) is 13.7. The molecule has 0 unspecified atom stereocenters. The van der Waals surface area contributed by atoms with E-state index in [2.05, 4.69) is 33.4 Å². The van der Waals surface area contributed by atoms with E-state index in [9.17, 15) is 0 Å². The second-order valence-corrected chi connectivity index (χ2v) is 9.62. The largest absolute Gasteiger partial charge is 0.323 e. The maximum Gasteiger partial charge on any atom is 0.0821 e. The van der Waals surface area contributed by atoms with Crippen LogP contribution in [0.2, 0.25) is 0 Å². The van der Waals surface area contributed by atoms with Crippen LogP contribution in [0.15, 0.2) is 12.7 Å². The van der Waals surface area contributed by atoms with Gasteiger partial charge in [0.1, 0.15) is 0 Å². The van der Waals surface area contributed by atoms with Crippen LogP contribution in [0, 0.1) is 0 Å². The fourth-order valence-electron chi connectivity index (χ4n) is 4.72. The summed E-state index contributed by atoms with van der Waals surface area (Å²) in [6, 6.07) is 0. The summed E-state index contributed by atoms with van der Waals surface area (Å²) in [4.78, 5) is 0. The first-order chi connectivity index (χ1) is 14.2. The third-order valence-corrected chi connectivity index (χ3v) is 6.77. The molecule has 0 aliphatic rings. The van der Waals surface area contributed by atoms with E-state index in [4.69, 9.17) is 0 Å². The summed E-state index contributed by atoms with van der Waals surface area (Å²) in [5.74, 6) is 0. The Balaban J connectivity index is 4.54. The summed E-state index contributed by atoms with van der Waals surface area (Å²) in [5.41, 5.74) is 0. The minimum absolute atomic E-state index is 1.20. The normalized spacial score (nSPS) is 11.8. The lowest BCUT2D eigenvalue weighted by Crippen LogP contribution is -2.50. The Kier molecular flexibility index (Phi) is 22.2. The minimum Gasteiger partial charge on any atom is -0.323 e. The molecule has 29 heavy (non-hydrogen) atoms. The first-order valence-electron chi connectivity index (χ1n) is 13.7. The molecule has 0 amide bonds. The van der Waals surface area contributed by atoms with E-state index in [1.807, 2.05) is 0 Å². The van der Waals surface area contributed by atoms with Crippen molar-refractivity contribution in [1.29, 1.82) is 0 Å². The van der Waals surface area contributed by atoms with E-state index < -0.39 is 0 Å². The summed E-state index contributed by atoms with van der Waals surface area (Å²) in [6.07, 6.45) is 29.0. The molecule has 0 aliphatic heterocycles. The van der Waals surface area contributed by atoms with Crippen molar-refractivity contribution in [3.05, 3.63) is 12.7 Å². The number of unbranched alkanes of at least 4 members (excludes halogenated alkanes) is 15. The molecule has 0 heterocycles. The summed E-state index contributed by atoms with van der Waals surface area (Å²) in [7, 11) is 0. The fraction of sp³-hybridized carbons (Fsp3) is 0.929. The summed E-state index contributed by atoms with van der Waals surface area (Å²) >= 11 is 0. The Hall–Kier alpha value is -0.300. The van der Waals surface area contributed by atoms with Crippen molar-refractivity contribution < 1.29 is 4.48 Å². The monoisotopic (exact) mass is 408 g/mol. The first kappa shape index (κ1) is 28.7. The van der Waals surface area contributed by atoms with Crippen molar-refractivity contribution in [1.82, 2.24) is 0 Å². The average Bonchev–Trinajstić information content (AvgIpc) is 2.74. The SMILES string of the molecule is C=CCC[N+](CCCCCCCC)(CCCCCCCC)CCCCCCCC.